The minimum Gasteiger partial charge on any atom is -0.384 e. The summed E-state index contributed by atoms with van der Waals surface area (Å²) < 4.78 is 0. The Kier molecular flexibility index (Phi) is 2.97. The number of rotatable bonds is 2. The zero-order chi connectivity index (χ0) is 11.5. The number of pyridine rings is 2. The van der Waals surface area contributed by atoms with Gasteiger partial charge in [-0.3, -0.25) is 9.97 Å². The molecule has 82 valence electrons. The maximum atomic E-state index is 10.2. The maximum Gasteiger partial charge on any atom is 0.107 e. The zero-order valence-corrected chi connectivity index (χ0v) is 9.38. The first kappa shape index (κ1) is 10.8. The Balaban J connectivity index is 2.39. The van der Waals surface area contributed by atoms with E-state index in [1.54, 1.807) is 24.8 Å². The molecule has 0 aromatic carbocycles. The third-order valence-electron chi connectivity index (χ3n) is 2.59. The lowest BCUT2D eigenvalue weighted by atomic mass is 10.0. The van der Waals surface area contributed by atoms with Crippen LogP contribution in [0.3, 0.4) is 0 Å². The number of nitrogens with zero attached hydrogens (tertiary/aromatic N) is 2. The van der Waals surface area contributed by atoms with Gasteiger partial charge in [-0.05, 0) is 31.0 Å². The molecule has 0 bridgehead atoms. The summed E-state index contributed by atoms with van der Waals surface area (Å²) in [5.74, 6) is 0. The summed E-state index contributed by atoms with van der Waals surface area (Å²) in [7, 11) is 0. The van der Waals surface area contributed by atoms with Gasteiger partial charge < -0.3 is 5.11 Å². The molecular formula is C13H14N2O. The molecular weight excluding hydrogens is 200 g/mol. The normalized spacial score (nSPS) is 12.4. The van der Waals surface area contributed by atoms with Gasteiger partial charge >= 0.3 is 0 Å². The molecule has 2 rings (SSSR count). The molecule has 3 heteroatoms. The highest BCUT2D eigenvalue weighted by atomic mass is 16.3. The van der Waals surface area contributed by atoms with Crippen molar-refractivity contribution in [3.8, 4) is 0 Å². The van der Waals surface area contributed by atoms with E-state index in [4.69, 9.17) is 0 Å². The van der Waals surface area contributed by atoms with Crippen LogP contribution >= 0.6 is 0 Å². The minimum atomic E-state index is -0.652. The highest BCUT2D eigenvalue weighted by molar-refractivity contribution is 5.32. The quantitative estimate of drug-likeness (QED) is 0.833. The van der Waals surface area contributed by atoms with Crippen LogP contribution in [0.1, 0.15) is 28.4 Å². The van der Waals surface area contributed by atoms with Crippen LogP contribution in [0.15, 0.2) is 36.9 Å². The molecule has 0 aliphatic rings. The van der Waals surface area contributed by atoms with Crippen LogP contribution in [0.2, 0.25) is 0 Å². The van der Waals surface area contributed by atoms with E-state index in [1.165, 1.54) is 0 Å². The van der Waals surface area contributed by atoms with Gasteiger partial charge in [0.25, 0.3) is 0 Å². The molecule has 0 aliphatic carbocycles. The molecule has 1 N–H and O–H groups in total. The number of aliphatic hydroxyl groups is 1. The third-order valence-corrected chi connectivity index (χ3v) is 2.59. The Morgan fingerprint density at radius 1 is 1.12 bits per heavy atom. The molecule has 0 saturated heterocycles. The highest BCUT2D eigenvalue weighted by Crippen LogP contribution is 2.23. The SMILES string of the molecule is Cc1cncc(C(O)c2cnccc2C)c1. The van der Waals surface area contributed by atoms with E-state index in [-0.39, 0.29) is 0 Å². The summed E-state index contributed by atoms with van der Waals surface area (Å²) in [6, 6.07) is 3.83. The van der Waals surface area contributed by atoms with E-state index < -0.39 is 6.10 Å². The van der Waals surface area contributed by atoms with Gasteiger partial charge in [0.05, 0.1) is 0 Å². The van der Waals surface area contributed by atoms with Crippen molar-refractivity contribution >= 4 is 0 Å². The van der Waals surface area contributed by atoms with Crippen LogP contribution in [-0.4, -0.2) is 15.1 Å². The monoisotopic (exact) mass is 214 g/mol. The van der Waals surface area contributed by atoms with Crippen LogP contribution in [0.4, 0.5) is 0 Å². The van der Waals surface area contributed by atoms with Gasteiger partial charge in [0.15, 0.2) is 0 Å². The second kappa shape index (κ2) is 4.41. The lowest BCUT2D eigenvalue weighted by Gasteiger charge is -2.13. The Bertz CT molecular complexity index is 497. The zero-order valence-electron chi connectivity index (χ0n) is 9.38. The van der Waals surface area contributed by atoms with Crippen LogP contribution in [-0.2, 0) is 0 Å². The summed E-state index contributed by atoms with van der Waals surface area (Å²) in [4.78, 5) is 8.11. The standard InChI is InChI=1S/C13H14N2O/c1-9-5-11(7-15-6-9)13(16)12-8-14-4-3-10(12)2/h3-8,13,16H,1-2H3. The van der Waals surface area contributed by atoms with E-state index >= 15 is 0 Å². The topological polar surface area (TPSA) is 46.0 Å². The first-order chi connectivity index (χ1) is 7.68. The summed E-state index contributed by atoms with van der Waals surface area (Å²) in [6.45, 7) is 3.92. The van der Waals surface area contributed by atoms with Gasteiger partial charge in [0.1, 0.15) is 6.10 Å². The van der Waals surface area contributed by atoms with E-state index in [2.05, 4.69) is 9.97 Å². The third kappa shape index (κ3) is 2.09. The molecule has 0 amide bonds. The van der Waals surface area contributed by atoms with E-state index in [0.29, 0.717) is 0 Å². The summed E-state index contributed by atoms with van der Waals surface area (Å²) in [5, 5.41) is 10.2. The van der Waals surface area contributed by atoms with Crippen molar-refractivity contribution in [1.29, 1.82) is 0 Å². The number of aryl methyl sites for hydroxylation is 2. The Morgan fingerprint density at radius 2 is 1.94 bits per heavy atom. The molecule has 0 aliphatic heterocycles. The van der Waals surface area contributed by atoms with E-state index in [1.807, 2.05) is 26.0 Å². The van der Waals surface area contributed by atoms with Crippen LogP contribution < -0.4 is 0 Å². The molecule has 2 aromatic rings. The second-order valence-electron chi connectivity index (χ2n) is 3.93. The largest absolute Gasteiger partial charge is 0.384 e. The van der Waals surface area contributed by atoms with Crippen molar-refractivity contribution in [1.82, 2.24) is 9.97 Å². The van der Waals surface area contributed by atoms with Crippen molar-refractivity contribution in [2.45, 2.75) is 20.0 Å². The molecule has 0 saturated carbocycles. The predicted molar refractivity (Wildman–Crippen MR) is 62.0 cm³/mol. The number of hydrogen-bond acceptors (Lipinski definition) is 3. The Labute approximate surface area is 94.8 Å². The summed E-state index contributed by atoms with van der Waals surface area (Å²) in [5.41, 5.74) is 3.70. The summed E-state index contributed by atoms with van der Waals surface area (Å²) in [6.07, 6.45) is 6.22. The fourth-order valence-electron chi connectivity index (χ4n) is 1.67. The van der Waals surface area contributed by atoms with Crippen molar-refractivity contribution in [3.63, 3.8) is 0 Å². The first-order valence-electron chi connectivity index (χ1n) is 5.18. The molecule has 1 unspecified atom stereocenters. The average molecular weight is 214 g/mol. The molecule has 16 heavy (non-hydrogen) atoms. The van der Waals surface area contributed by atoms with Gasteiger partial charge in [0.2, 0.25) is 0 Å². The van der Waals surface area contributed by atoms with Gasteiger partial charge in [-0.1, -0.05) is 6.07 Å². The highest BCUT2D eigenvalue weighted by Gasteiger charge is 2.13. The van der Waals surface area contributed by atoms with Crippen LogP contribution in [0.5, 0.6) is 0 Å². The molecule has 0 fully saturated rings. The van der Waals surface area contributed by atoms with Crippen molar-refractivity contribution in [2.24, 2.45) is 0 Å². The number of aliphatic hydroxyl groups excluding tert-OH is 1. The molecule has 1 atom stereocenters. The fraction of sp³-hybridized carbons (Fsp3) is 0.231. The van der Waals surface area contributed by atoms with Crippen LogP contribution in [0.25, 0.3) is 0 Å². The van der Waals surface area contributed by atoms with Crippen molar-refractivity contribution in [3.05, 3.63) is 59.2 Å². The first-order valence-corrected chi connectivity index (χ1v) is 5.18. The lowest BCUT2D eigenvalue weighted by molar-refractivity contribution is 0.218. The smallest absolute Gasteiger partial charge is 0.107 e. The fourth-order valence-corrected chi connectivity index (χ4v) is 1.67. The van der Waals surface area contributed by atoms with Crippen LogP contribution in [0, 0.1) is 13.8 Å². The van der Waals surface area contributed by atoms with Gasteiger partial charge in [-0.15, -0.1) is 0 Å². The van der Waals surface area contributed by atoms with Crippen molar-refractivity contribution in [2.75, 3.05) is 0 Å². The van der Waals surface area contributed by atoms with Gasteiger partial charge in [-0.2, -0.15) is 0 Å². The average Bonchev–Trinajstić information content (AvgIpc) is 2.29. The Hall–Kier alpha value is -1.74. The van der Waals surface area contributed by atoms with Crippen molar-refractivity contribution < 1.29 is 5.11 Å². The summed E-state index contributed by atoms with van der Waals surface area (Å²) >= 11 is 0. The molecule has 2 aromatic heterocycles. The number of hydrogen-bond donors (Lipinski definition) is 1. The van der Waals surface area contributed by atoms with Gasteiger partial charge in [0, 0.05) is 35.9 Å². The van der Waals surface area contributed by atoms with Gasteiger partial charge in [-0.25, -0.2) is 0 Å². The second-order valence-corrected chi connectivity index (χ2v) is 3.93. The molecule has 0 spiro atoms. The molecule has 0 radical (unpaired) electrons. The lowest BCUT2D eigenvalue weighted by Crippen LogP contribution is -2.03. The number of aromatic nitrogens is 2. The predicted octanol–water partition coefficient (Wildman–Crippen LogP) is 2.18. The van der Waals surface area contributed by atoms with E-state index in [0.717, 1.165) is 22.3 Å². The minimum absolute atomic E-state index is 0.652. The van der Waals surface area contributed by atoms with E-state index in [9.17, 15) is 5.11 Å². The maximum absolute atomic E-state index is 10.2. The Morgan fingerprint density at radius 3 is 2.62 bits per heavy atom. The molecule has 2 heterocycles. The molecule has 3 nitrogen and oxygen atoms in total.